The Bertz CT molecular complexity index is 1020. The van der Waals surface area contributed by atoms with E-state index in [9.17, 15) is 14.7 Å². The Kier molecular flexibility index (Phi) is 5.88. The van der Waals surface area contributed by atoms with E-state index < -0.39 is 8.17 Å². The summed E-state index contributed by atoms with van der Waals surface area (Å²) in [7, 11) is -4.37. The molecule has 1 heterocycles. The van der Waals surface area contributed by atoms with Crippen molar-refractivity contribution in [3.05, 3.63) is 77.6 Å². The van der Waals surface area contributed by atoms with Crippen molar-refractivity contribution < 1.29 is 23.9 Å². The summed E-state index contributed by atoms with van der Waals surface area (Å²) in [5.74, 6) is 1.48. The lowest BCUT2D eigenvalue weighted by atomic mass is 10.1. The van der Waals surface area contributed by atoms with E-state index in [1.54, 1.807) is 25.3 Å². The first kappa shape index (κ1) is 20.6. The molecule has 0 spiro atoms. The van der Waals surface area contributed by atoms with Gasteiger partial charge in [-0.2, -0.15) is 14.7 Å². The number of nitrogens with zero attached hydrogens (tertiary/aromatic N) is 1. The summed E-state index contributed by atoms with van der Waals surface area (Å²) >= 11 is 0. The summed E-state index contributed by atoms with van der Waals surface area (Å²) in [6.45, 7) is 2.19. The van der Waals surface area contributed by atoms with E-state index in [0.29, 0.717) is 18.1 Å². The van der Waals surface area contributed by atoms with Gasteiger partial charge in [-0.25, -0.2) is 0 Å². The van der Waals surface area contributed by atoms with Crippen molar-refractivity contribution in [3.63, 3.8) is 0 Å². The van der Waals surface area contributed by atoms with Gasteiger partial charge in [-0.15, -0.1) is 0 Å². The molecule has 0 bridgehead atoms. The third-order valence-electron chi connectivity index (χ3n) is 4.93. The number of hydrogen-bond acceptors (Lipinski definition) is 7. The Morgan fingerprint density at radius 1 is 1.03 bits per heavy atom. The fraction of sp³-hybridized carbons (Fsp3) is 0.227. The lowest BCUT2D eigenvalue weighted by Crippen LogP contribution is -2.03. The minimum atomic E-state index is -4.37. The molecule has 0 saturated heterocycles. The number of anilines is 2. The predicted molar refractivity (Wildman–Crippen MR) is 116 cm³/mol. The van der Waals surface area contributed by atoms with Crippen LogP contribution in [0.15, 0.2) is 60.8 Å². The van der Waals surface area contributed by atoms with Gasteiger partial charge in [-0.3, -0.25) is 9.51 Å². The smallest absolute Gasteiger partial charge is 0.487 e. The molecule has 1 aliphatic carbocycles. The first-order chi connectivity index (χ1) is 14.4. The van der Waals surface area contributed by atoms with Gasteiger partial charge in [0.25, 0.3) is 0 Å². The van der Waals surface area contributed by atoms with Crippen molar-refractivity contribution in [2.45, 2.75) is 32.3 Å². The van der Waals surface area contributed by atoms with Crippen molar-refractivity contribution in [3.8, 4) is 11.5 Å². The minimum Gasteiger partial charge on any atom is -0.487 e. The molecule has 30 heavy (non-hydrogen) atoms. The Labute approximate surface area is 175 Å². The zero-order valence-corrected chi connectivity index (χ0v) is 17.4. The normalized spacial score (nSPS) is 13.7. The zero-order valence-electron chi connectivity index (χ0n) is 16.5. The molecule has 1 aromatic heterocycles. The molecule has 0 aliphatic heterocycles. The van der Waals surface area contributed by atoms with Gasteiger partial charge in [-0.05, 0) is 73.7 Å². The Morgan fingerprint density at radius 3 is 2.57 bits per heavy atom. The van der Waals surface area contributed by atoms with Crippen LogP contribution in [0.5, 0.6) is 11.5 Å². The molecule has 4 N–H and O–H groups in total. The van der Waals surface area contributed by atoms with Crippen LogP contribution in [0.3, 0.4) is 0 Å². The van der Waals surface area contributed by atoms with Gasteiger partial charge in [0.05, 0.1) is 5.69 Å². The van der Waals surface area contributed by atoms with Gasteiger partial charge in [0.1, 0.15) is 12.4 Å². The minimum absolute atomic E-state index is 0.212. The molecule has 1 fully saturated rings. The number of benzene rings is 2. The highest BCUT2D eigenvalue weighted by atomic mass is 31.2. The van der Waals surface area contributed by atoms with Crippen LogP contribution < -0.4 is 14.6 Å². The third kappa shape index (κ3) is 5.26. The van der Waals surface area contributed by atoms with Crippen LogP contribution in [0, 0.1) is 6.92 Å². The summed E-state index contributed by atoms with van der Waals surface area (Å²) in [6.07, 6.45) is 4.01. The van der Waals surface area contributed by atoms with Gasteiger partial charge in [0, 0.05) is 23.1 Å². The summed E-state index contributed by atoms with van der Waals surface area (Å²) in [5, 5.41) is 3.41. The van der Waals surface area contributed by atoms with Crippen molar-refractivity contribution in [1.82, 2.24) is 4.98 Å². The average Bonchev–Trinajstić information content (AvgIpc) is 3.55. The van der Waals surface area contributed by atoms with Gasteiger partial charge in [-0.1, -0.05) is 12.1 Å². The van der Waals surface area contributed by atoms with Crippen molar-refractivity contribution in [2.24, 2.45) is 0 Å². The average molecular weight is 427 g/mol. The van der Waals surface area contributed by atoms with Gasteiger partial charge in [0.15, 0.2) is 5.75 Å². The molecular weight excluding hydrogens is 403 g/mol. The van der Waals surface area contributed by atoms with Crippen LogP contribution in [0.1, 0.15) is 35.6 Å². The lowest BCUT2D eigenvalue weighted by Gasteiger charge is -2.16. The Morgan fingerprint density at radius 2 is 1.87 bits per heavy atom. The van der Waals surface area contributed by atoms with Gasteiger partial charge < -0.3 is 10.1 Å². The molecule has 156 valence electrons. The molecular formula is C22H24N2O5P+. The molecule has 0 atom stereocenters. The molecule has 0 radical (unpaired) electrons. The molecule has 4 rings (SSSR count). The highest BCUT2D eigenvalue weighted by Crippen LogP contribution is 2.49. The first-order valence-electron chi connectivity index (χ1n) is 9.69. The van der Waals surface area contributed by atoms with E-state index in [0.717, 1.165) is 35.7 Å². The molecule has 1 aliphatic rings. The number of rotatable bonds is 8. The van der Waals surface area contributed by atoms with Crippen LogP contribution in [0.4, 0.5) is 11.4 Å². The fourth-order valence-electron chi connectivity index (χ4n) is 3.24. The maximum atomic E-state index is 9.23. The summed E-state index contributed by atoms with van der Waals surface area (Å²) in [5.41, 5.74) is 4.42. The second-order valence-corrected chi connectivity index (χ2v) is 8.50. The number of hydrogen-bond donors (Lipinski definition) is 4. The van der Waals surface area contributed by atoms with E-state index in [1.165, 1.54) is 5.56 Å². The Hall–Kier alpha value is -2.70. The van der Waals surface area contributed by atoms with Gasteiger partial charge >= 0.3 is 8.17 Å². The van der Waals surface area contributed by atoms with Crippen LogP contribution >= 0.6 is 8.17 Å². The zero-order chi connectivity index (χ0) is 21.1. The molecule has 0 unspecified atom stereocenters. The highest BCUT2D eigenvalue weighted by Gasteiger charge is 2.35. The summed E-state index contributed by atoms with van der Waals surface area (Å²) in [4.78, 5) is 32.0. The topological polar surface area (TPSA) is 104 Å². The summed E-state index contributed by atoms with van der Waals surface area (Å²) in [6, 6.07) is 16.9. The Balaban J connectivity index is 1.54. The molecule has 1 saturated carbocycles. The van der Waals surface area contributed by atoms with Crippen molar-refractivity contribution >= 4 is 19.5 Å². The monoisotopic (exact) mass is 427 g/mol. The summed E-state index contributed by atoms with van der Waals surface area (Å²) < 4.78 is 10.8. The number of aromatic nitrogens is 1. The van der Waals surface area contributed by atoms with E-state index in [2.05, 4.69) is 16.4 Å². The second-order valence-electron chi connectivity index (χ2n) is 7.29. The first-order valence-corrected chi connectivity index (χ1v) is 11.3. The molecule has 3 aromatic rings. The standard InChI is InChI=1S/C22H24N2O5P/c1-15-20(6-4-7-22(15)29-30(25,26)27)24-21-11-10-18(13-19(21)16-8-9-16)28-14-17-5-2-3-12-23-17/h2-7,10-13,16,24-27H,8-9,14H2,1H3/q+1. The molecule has 2 aromatic carbocycles. The highest BCUT2D eigenvalue weighted by molar-refractivity contribution is 7.53. The third-order valence-corrected chi connectivity index (χ3v) is 5.37. The largest absolute Gasteiger partial charge is 0.613 e. The quantitative estimate of drug-likeness (QED) is 0.389. The van der Waals surface area contributed by atoms with Crippen LogP contribution in [0.2, 0.25) is 0 Å². The van der Waals surface area contributed by atoms with Crippen LogP contribution in [-0.2, 0) is 6.61 Å². The van der Waals surface area contributed by atoms with Crippen LogP contribution in [0.25, 0.3) is 0 Å². The fourth-order valence-corrected chi connectivity index (χ4v) is 3.70. The molecule has 0 amide bonds. The SMILES string of the molecule is Cc1c(Nc2ccc(OCc3ccccn3)cc2C2CC2)cccc1O[P+](O)(O)O. The van der Waals surface area contributed by atoms with E-state index in [-0.39, 0.29) is 5.75 Å². The number of ether oxygens (including phenoxy) is 1. The van der Waals surface area contributed by atoms with Crippen molar-refractivity contribution in [2.75, 3.05) is 5.32 Å². The molecule has 7 nitrogen and oxygen atoms in total. The number of pyridine rings is 1. The van der Waals surface area contributed by atoms with E-state index >= 15 is 0 Å². The van der Waals surface area contributed by atoms with Gasteiger partial charge in [0.2, 0.25) is 0 Å². The van der Waals surface area contributed by atoms with E-state index in [4.69, 9.17) is 9.26 Å². The number of nitrogens with one attached hydrogen (secondary N) is 1. The van der Waals surface area contributed by atoms with E-state index in [1.807, 2.05) is 36.4 Å². The molecule has 8 heteroatoms. The maximum absolute atomic E-state index is 9.23. The lowest BCUT2D eigenvalue weighted by molar-refractivity contribution is 0.237. The van der Waals surface area contributed by atoms with Crippen LogP contribution in [-0.4, -0.2) is 19.7 Å². The van der Waals surface area contributed by atoms with Crippen molar-refractivity contribution in [1.29, 1.82) is 0 Å². The maximum Gasteiger partial charge on any atom is 0.613 e. The predicted octanol–water partition coefficient (Wildman–Crippen LogP) is 4.62. The second kappa shape index (κ2) is 8.58.